The lowest BCUT2D eigenvalue weighted by Gasteiger charge is -2.20. The fourth-order valence-corrected chi connectivity index (χ4v) is 3.93. The van der Waals surface area contributed by atoms with Gasteiger partial charge in [-0.15, -0.1) is 0 Å². The van der Waals surface area contributed by atoms with E-state index in [1.807, 2.05) is 62.4 Å². The zero-order chi connectivity index (χ0) is 21.8. The first-order valence-corrected chi connectivity index (χ1v) is 10.5. The third-order valence-electron chi connectivity index (χ3n) is 5.48. The molecule has 0 aliphatic heterocycles. The molecule has 1 aliphatic carbocycles. The Morgan fingerprint density at radius 3 is 2.39 bits per heavy atom. The second kappa shape index (κ2) is 9.00. The van der Waals surface area contributed by atoms with Crippen LogP contribution in [0.1, 0.15) is 57.6 Å². The van der Waals surface area contributed by atoms with Crippen LogP contribution in [0.4, 0.5) is 5.69 Å². The van der Waals surface area contributed by atoms with Crippen LogP contribution in [0.3, 0.4) is 0 Å². The topological polar surface area (TPSA) is 74.9 Å². The highest BCUT2D eigenvalue weighted by Crippen LogP contribution is 2.31. The Kier molecular flexibility index (Phi) is 5.98. The van der Waals surface area contributed by atoms with Crippen LogP contribution in [-0.2, 0) is 6.42 Å². The van der Waals surface area contributed by atoms with E-state index in [1.54, 1.807) is 17.0 Å². The first kappa shape index (κ1) is 20.6. The van der Waals surface area contributed by atoms with E-state index >= 15 is 0 Å². The third kappa shape index (κ3) is 4.14. The van der Waals surface area contributed by atoms with Crippen LogP contribution in [0.15, 0.2) is 70.2 Å². The van der Waals surface area contributed by atoms with Crippen molar-refractivity contribution in [3.63, 3.8) is 0 Å². The van der Waals surface area contributed by atoms with Gasteiger partial charge in [0.1, 0.15) is 5.76 Å². The molecule has 0 fully saturated rings. The highest BCUT2D eigenvalue weighted by atomic mass is 16.4. The Morgan fingerprint density at radius 1 is 1.03 bits per heavy atom. The number of hydrogen-bond acceptors (Lipinski definition) is 4. The van der Waals surface area contributed by atoms with Crippen LogP contribution in [0.25, 0.3) is 0 Å². The van der Waals surface area contributed by atoms with Gasteiger partial charge in [0.05, 0.1) is 5.71 Å². The summed E-state index contributed by atoms with van der Waals surface area (Å²) in [4.78, 5) is 27.4. The van der Waals surface area contributed by atoms with E-state index in [-0.39, 0.29) is 11.8 Å². The molecule has 158 valence electrons. The van der Waals surface area contributed by atoms with Crippen molar-refractivity contribution in [1.29, 1.82) is 0 Å². The van der Waals surface area contributed by atoms with Crippen molar-refractivity contribution in [3.05, 3.63) is 88.9 Å². The molecule has 1 heterocycles. The summed E-state index contributed by atoms with van der Waals surface area (Å²) in [6, 6.07) is 18.5. The molecule has 6 nitrogen and oxygen atoms in total. The minimum Gasteiger partial charge on any atom is -0.455 e. The predicted octanol–water partition coefficient (Wildman–Crippen LogP) is 4.73. The number of nitrogens with one attached hydrogen (secondary N) is 1. The molecule has 31 heavy (non-hydrogen) atoms. The van der Waals surface area contributed by atoms with Gasteiger partial charge in [0, 0.05) is 35.3 Å². The van der Waals surface area contributed by atoms with Crippen LogP contribution in [0.5, 0.6) is 0 Å². The minimum atomic E-state index is -0.265. The quantitative estimate of drug-likeness (QED) is 0.613. The maximum absolute atomic E-state index is 13.3. The molecule has 0 bridgehead atoms. The molecule has 0 atom stereocenters. The lowest BCUT2D eigenvalue weighted by molar-refractivity contribution is 0.0949. The molecule has 0 saturated carbocycles. The number of furan rings is 1. The summed E-state index contributed by atoms with van der Waals surface area (Å²) in [5, 5.41) is 4.39. The number of rotatable bonds is 5. The van der Waals surface area contributed by atoms with E-state index in [9.17, 15) is 9.59 Å². The molecule has 4 rings (SSSR count). The Bertz CT molecular complexity index is 1120. The lowest BCUT2D eigenvalue weighted by Crippen LogP contribution is -2.30. The van der Waals surface area contributed by atoms with Crippen molar-refractivity contribution in [1.82, 2.24) is 5.43 Å². The zero-order valence-electron chi connectivity index (χ0n) is 17.7. The highest BCUT2D eigenvalue weighted by molar-refractivity contribution is 6.10. The number of anilines is 1. The zero-order valence-corrected chi connectivity index (χ0v) is 17.7. The van der Waals surface area contributed by atoms with Gasteiger partial charge in [-0.25, -0.2) is 5.43 Å². The number of amides is 2. The maximum Gasteiger partial charge on any atom is 0.294 e. The van der Waals surface area contributed by atoms with Crippen molar-refractivity contribution in [2.45, 2.75) is 33.1 Å². The minimum absolute atomic E-state index is 0.173. The molecule has 1 aliphatic rings. The average molecular weight is 415 g/mol. The van der Waals surface area contributed by atoms with Gasteiger partial charge >= 0.3 is 0 Å². The fourth-order valence-electron chi connectivity index (χ4n) is 3.93. The van der Waals surface area contributed by atoms with Crippen molar-refractivity contribution in [2.75, 3.05) is 11.4 Å². The largest absolute Gasteiger partial charge is 0.455 e. The van der Waals surface area contributed by atoms with Crippen molar-refractivity contribution >= 4 is 23.2 Å². The van der Waals surface area contributed by atoms with E-state index in [1.165, 1.54) is 0 Å². The molecule has 0 unspecified atom stereocenters. The van der Waals surface area contributed by atoms with E-state index in [2.05, 4.69) is 10.5 Å². The van der Waals surface area contributed by atoms with E-state index < -0.39 is 0 Å². The number of benzene rings is 2. The number of aryl methyl sites for hydroxylation is 1. The number of hydrogen-bond donors (Lipinski definition) is 1. The fraction of sp³-hybridized carbons (Fsp3) is 0.240. The molecule has 3 aromatic rings. The molecule has 2 amide bonds. The van der Waals surface area contributed by atoms with Gasteiger partial charge in [0.15, 0.2) is 5.76 Å². The van der Waals surface area contributed by atoms with Crippen LogP contribution in [-0.4, -0.2) is 24.1 Å². The summed E-state index contributed by atoms with van der Waals surface area (Å²) in [7, 11) is 0. The number of nitrogens with zero attached hydrogens (tertiary/aromatic N) is 2. The Hall–Kier alpha value is -3.67. The smallest absolute Gasteiger partial charge is 0.294 e. The predicted molar refractivity (Wildman–Crippen MR) is 121 cm³/mol. The maximum atomic E-state index is 13.3. The molecule has 1 aromatic heterocycles. The molecular formula is C25H25N3O3. The average Bonchev–Trinajstić information content (AvgIpc) is 3.16. The number of fused-ring (bicyclic) bond motifs is 1. The van der Waals surface area contributed by atoms with Crippen LogP contribution in [0, 0.1) is 6.92 Å². The SMILES string of the molecule is CCN(C(=O)c1oc2c(c1C)/C(=N/NC(=O)c1ccccc1)CCC2)c1ccccc1. The first-order valence-electron chi connectivity index (χ1n) is 10.5. The van der Waals surface area contributed by atoms with Gasteiger partial charge in [0.2, 0.25) is 0 Å². The number of hydrazone groups is 1. The molecule has 1 N–H and O–H groups in total. The molecule has 0 spiro atoms. The van der Waals surface area contributed by atoms with E-state index in [0.29, 0.717) is 24.3 Å². The highest BCUT2D eigenvalue weighted by Gasteiger charge is 2.30. The molecule has 2 aromatic carbocycles. The second-order valence-electron chi connectivity index (χ2n) is 7.46. The lowest BCUT2D eigenvalue weighted by atomic mass is 9.93. The number of carbonyl (C=O) groups is 2. The second-order valence-corrected chi connectivity index (χ2v) is 7.46. The summed E-state index contributed by atoms with van der Waals surface area (Å²) in [6.07, 6.45) is 2.31. The summed E-state index contributed by atoms with van der Waals surface area (Å²) < 4.78 is 6.04. The van der Waals surface area contributed by atoms with Gasteiger partial charge in [-0.3, -0.25) is 9.59 Å². The number of para-hydroxylation sites is 1. The van der Waals surface area contributed by atoms with Gasteiger partial charge in [0.25, 0.3) is 11.8 Å². The normalized spacial score (nSPS) is 14.2. The van der Waals surface area contributed by atoms with Crippen LogP contribution in [0.2, 0.25) is 0 Å². The van der Waals surface area contributed by atoms with Gasteiger partial charge in [-0.2, -0.15) is 5.10 Å². The number of carbonyl (C=O) groups excluding carboxylic acids is 2. The monoisotopic (exact) mass is 415 g/mol. The molecule has 6 heteroatoms. The Balaban J connectivity index is 1.62. The van der Waals surface area contributed by atoms with Crippen LogP contribution < -0.4 is 10.3 Å². The van der Waals surface area contributed by atoms with Crippen molar-refractivity contribution in [2.24, 2.45) is 5.10 Å². The van der Waals surface area contributed by atoms with E-state index in [0.717, 1.165) is 41.1 Å². The van der Waals surface area contributed by atoms with Crippen molar-refractivity contribution < 1.29 is 14.0 Å². The molecular weight excluding hydrogens is 390 g/mol. The van der Waals surface area contributed by atoms with Crippen LogP contribution >= 0.6 is 0 Å². The molecule has 0 saturated heterocycles. The van der Waals surface area contributed by atoms with Gasteiger partial charge in [-0.1, -0.05) is 36.4 Å². The molecule has 0 radical (unpaired) electrons. The third-order valence-corrected chi connectivity index (χ3v) is 5.48. The summed E-state index contributed by atoms with van der Waals surface area (Å²) in [5.74, 6) is 0.649. The first-order chi connectivity index (χ1) is 15.1. The Labute approximate surface area is 181 Å². The van der Waals surface area contributed by atoms with Gasteiger partial charge in [-0.05, 0) is 51.0 Å². The van der Waals surface area contributed by atoms with Crippen molar-refractivity contribution in [3.8, 4) is 0 Å². The van der Waals surface area contributed by atoms with Gasteiger partial charge < -0.3 is 9.32 Å². The Morgan fingerprint density at radius 2 is 1.71 bits per heavy atom. The summed E-state index contributed by atoms with van der Waals surface area (Å²) in [6.45, 7) is 4.35. The standard InChI is InChI=1S/C25H25N3O3/c1-3-28(19-13-8-5-9-14-19)25(30)23-17(2)22-20(15-10-16-21(22)31-23)26-27-24(29)18-11-6-4-7-12-18/h4-9,11-14H,3,10,15-16H2,1-2H3,(H,27,29)/b26-20+. The summed E-state index contributed by atoms with van der Waals surface area (Å²) in [5.41, 5.74) is 6.37. The van der Waals surface area contributed by atoms with E-state index in [4.69, 9.17) is 4.42 Å². The summed E-state index contributed by atoms with van der Waals surface area (Å²) >= 11 is 0.